The van der Waals surface area contributed by atoms with Gasteiger partial charge < -0.3 is 9.42 Å². The van der Waals surface area contributed by atoms with Crippen LogP contribution in [-0.4, -0.2) is 47.8 Å². The van der Waals surface area contributed by atoms with Crippen molar-refractivity contribution in [1.82, 2.24) is 14.4 Å². The molecule has 0 radical (unpaired) electrons. The zero-order chi connectivity index (χ0) is 19.2. The highest BCUT2D eigenvalue weighted by atomic mass is 32.2. The number of aromatic nitrogens is 1. The van der Waals surface area contributed by atoms with Crippen molar-refractivity contribution in [3.63, 3.8) is 0 Å². The molecular weight excluding hydrogens is 366 g/mol. The van der Waals surface area contributed by atoms with Crippen LogP contribution in [0.3, 0.4) is 0 Å². The Morgan fingerprint density at radius 2 is 1.93 bits per heavy atom. The van der Waals surface area contributed by atoms with Crippen LogP contribution < -0.4 is 0 Å². The molecule has 0 N–H and O–H groups in total. The second-order valence-electron chi connectivity index (χ2n) is 7.21. The molecule has 1 aromatic carbocycles. The molecule has 1 unspecified atom stereocenters. The van der Waals surface area contributed by atoms with E-state index in [2.05, 4.69) is 11.2 Å². The second kappa shape index (κ2) is 6.76. The molecule has 2 aromatic rings. The van der Waals surface area contributed by atoms with Crippen molar-refractivity contribution >= 4 is 15.9 Å². The summed E-state index contributed by atoms with van der Waals surface area (Å²) in [6.07, 6.45) is 2.01. The van der Waals surface area contributed by atoms with Gasteiger partial charge in [0.1, 0.15) is 16.6 Å². The van der Waals surface area contributed by atoms with Crippen LogP contribution >= 0.6 is 0 Å². The number of fused-ring (bicyclic) bond motifs is 1. The molecule has 27 heavy (non-hydrogen) atoms. The van der Waals surface area contributed by atoms with E-state index < -0.39 is 16.1 Å². The van der Waals surface area contributed by atoms with E-state index >= 15 is 0 Å². The predicted octanol–water partition coefficient (Wildman–Crippen LogP) is 2.03. The second-order valence-corrected chi connectivity index (χ2v) is 9.03. The molecule has 1 saturated heterocycles. The molecular formula is C19H23N3O4S. The summed E-state index contributed by atoms with van der Waals surface area (Å²) < 4.78 is 32.8. The number of hydrogen-bond acceptors (Lipinski definition) is 5. The summed E-state index contributed by atoms with van der Waals surface area (Å²) in [4.78, 5) is 15.1. The van der Waals surface area contributed by atoms with Gasteiger partial charge in [-0.3, -0.25) is 4.79 Å². The third-order valence-electron chi connectivity index (χ3n) is 5.47. The van der Waals surface area contributed by atoms with Gasteiger partial charge in [0.15, 0.2) is 5.76 Å². The first-order chi connectivity index (χ1) is 12.9. The van der Waals surface area contributed by atoms with E-state index in [9.17, 15) is 13.2 Å². The fourth-order valence-electron chi connectivity index (χ4n) is 4.13. The smallest absolute Gasteiger partial charge is 0.249 e. The normalized spacial score (nSPS) is 20.7. The number of carbonyl (C=O) groups is 1. The summed E-state index contributed by atoms with van der Waals surface area (Å²) in [6, 6.07) is 7.43. The van der Waals surface area contributed by atoms with Crippen molar-refractivity contribution in [2.45, 2.75) is 50.6 Å². The first-order valence-electron chi connectivity index (χ1n) is 9.20. The Morgan fingerprint density at radius 3 is 2.63 bits per heavy atom. The Hall–Kier alpha value is -2.19. The van der Waals surface area contributed by atoms with E-state index in [4.69, 9.17) is 4.52 Å². The van der Waals surface area contributed by atoms with Crippen LogP contribution in [0, 0.1) is 13.8 Å². The largest absolute Gasteiger partial charge is 0.360 e. The van der Waals surface area contributed by atoms with Crippen molar-refractivity contribution in [3.8, 4) is 0 Å². The molecule has 0 saturated carbocycles. The van der Waals surface area contributed by atoms with E-state index in [0.29, 0.717) is 38.2 Å². The van der Waals surface area contributed by atoms with E-state index in [1.54, 1.807) is 18.7 Å². The third kappa shape index (κ3) is 3.06. The average molecular weight is 389 g/mol. The summed E-state index contributed by atoms with van der Waals surface area (Å²) in [6.45, 7) is 4.68. The topological polar surface area (TPSA) is 83.7 Å². The highest BCUT2D eigenvalue weighted by Gasteiger charge is 2.43. The van der Waals surface area contributed by atoms with Crippen molar-refractivity contribution in [3.05, 3.63) is 46.8 Å². The molecule has 2 aliphatic rings. The number of rotatable bonds is 3. The molecule has 8 heteroatoms. The fraction of sp³-hybridized carbons (Fsp3) is 0.474. The van der Waals surface area contributed by atoms with Crippen molar-refractivity contribution in [1.29, 1.82) is 0 Å². The molecule has 1 aromatic heterocycles. The van der Waals surface area contributed by atoms with Gasteiger partial charge in [-0.15, -0.1) is 0 Å². The molecule has 7 nitrogen and oxygen atoms in total. The van der Waals surface area contributed by atoms with Crippen LogP contribution in [0.15, 0.2) is 33.7 Å². The monoisotopic (exact) mass is 389 g/mol. The van der Waals surface area contributed by atoms with E-state index in [1.165, 1.54) is 9.87 Å². The summed E-state index contributed by atoms with van der Waals surface area (Å²) in [5.74, 6) is 0.148. The third-order valence-corrected chi connectivity index (χ3v) is 7.62. The van der Waals surface area contributed by atoms with Gasteiger partial charge in [0.2, 0.25) is 15.9 Å². The van der Waals surface area contributed by atoms with E-state index in [-0.39, 0.29) is 16.6 Å². The van der Waals surface area contributed by atoms with Gasteiger partial charge in [-0.1, -0.05) is 29.4 Å². The van der Waals surface area contributed by atoms with Crippen LogP contribution in [0.25, 0.3) is 0 Å². The first-order valence-corrected chi connectivity index (χ1v) is 10.6. The van der Waals surface area contributed by atoms with Crippen LogP contribution in [0.2, 0.25) is 0 Å². The number of nitrogens with zero attached hydrogens (tertiary/aromatic N) is 3. The Labute approximate surface area is 159 Å². The number of hydrogen-bond donors (Lipinski definition) is 0. The number of amides is 1. The van der Waals surface area contributed by atoms with Gasteiger partial charge in [0, 0.05) is 19.6 Å². The summed E-state index contributed by atoms with van der Waals surface area (Å²) in [5, 5.41) is 3.76. The van der Waals surface area contributed by atoms with E-state index in [0.717, 1.165) is 12.0 Å². The Kier molecular flexibility index (Phi) is 4.55. The lowest BCUT2D eigenvalue weighted by atomic mass is 9.99. The molecule has 0 bridgehead atoms. The lowest BCUT2D eigenvalue weighted by Crippen LogP contribution is -2.49. The zero-order valence-corrected chi connectivity index (χ0v) is 16.3. The van der Waals surface area contributed by atoms with Gasteiger partial charge in [-0.2, -0.15) is 4.31 Å². The minimum Gasteiger partial charge on any atom is -0.360 e. The predicted molar refractivity (Wildman–Crippen MR) is 98.5 cm³/mol. The van der Waals surface area contributed by atoms with E-state index in [1.807, 2.05) is 18.2 Å². The molecule has 0 spiro atoms. The lowest BCUT2D eigenvalue weighted by Gasteiger charge is -2.33. The van der Waals surface area contributed by atoms with Gasteiger partial charge >= 0.3 is 0 Å². The molecule has 1 amide bonds. The summed E-state index contributed by atoms with van der Waals surface area (Å²) in [7, 11) is -3.82. The molecule has 0 aliphatic carbocycles. The Morgan fingerprint density at radius 1 is 1.19 bits per heavy atom. The average Bonchev–Trinajstić information content (AvgIpc) is 3.28. The minimum atomic E-state index is -3.82. The molecule has 2 aliphatic heterocycles. The van der Waals surface area contributed by atoms with Crippen molar-refractivity contribution < 1.29 is 17.7 Å². The number of carbonyl (C=O) groups excluding carboxylic acids is 1. The summed E-state index contributed by atoms with van der Waals surface area (Å²) in [5.41, 5.74) is 2.72. The highest BCUT2D eigenvalue weighted by molar-refractivity contribution is 7.89. The maximum Gasteiger partial charge on any atom is 0.249 e. The van der Waals surface area contributed by atoms with Crippen LogP contribution in [0.1, 0.15) is 35.4 Å². The molecule has 1 atom stereocenters. The quantitative estimate of drug-likeness (QED) is 0.802. The maximum absolute atomic E-state index is 13.2. The number of benzene rings is 1. The van der Waals surface area contributed by atoms with Crippen molar-refractivity contribution in [2.24, 2.45) is 0 Å². The number of sulfonamides is 1. The van der Waals surface area contributed by atoms with Gasteiger partial charge in [-0.05, 0) is 44.2 Å². The van der Waals surface area contributed by atoms with Gasteiger partial charge in [-0.25, -0.2) is 8.42 Å². The fourth-order valence-corrected chi connectivity index (χ4v) is 6.08. The Bertz CT molecular complexity index is 963. The standard InChI is InChI=1S/C19H23N3O4S/c1-13-18(14(2)26-20-13)27(24,25)22-10-5-8-17(22)19(23)21-11-9-15-6-3-4-7-16(15)12-21/h3-4,6-7,17H,5,8-12H2,1-2H3. The van der Waals surface area contributed by atoms with Gasteiger partial charge in [0.25, 0.3) is 0 Å². The maximum atomic E-state index is 13.2. The summed E-state index contributed by atoms with van der Waals surface area (Å²) >= 11 is 0. The lowest BCUT2D eigenvalue weighted by molar-refractivity contribution is -0.135. The molecule has 3 heterocycles. The van der Waals surface area contributed by atoms with Crippen LogP contribution in [-0.2, 0) is 27.8 Å². The SMILES string of the molecule is Cc1noc(C)c1S(=O)(=O)N1CCCC1C(=O)N1CCc2ccccc2C1. The molecule has 144 valence electrons. The highest BCUT2D eigenvalue weighted by Crippen LogP contribution is 2.31. The van der Waals surface area contributed by atoms with Gasteiger partial charge in [0.05, 0.1) is 0 Å². The number of aryl methyl sites for hydroxylation is 2. The molecule has 1 fully saturated rings. The molecule has 4 rings (SSSR count). The Balaban J connectivity index is 1.60. The first kappa shape index (κ1) is 18.2. The van der Waals surface area contributed by atoms with Crippen LogP contribution in [0.5, 0.6) is 0 Å². The van der Waals surface area contributed by atoms with Crippen LogP contribution in [0.4, 0.5) is 0 Å². The zero-order valence-electron chi connectivity index (χ0n) is 15.5. The van der Waals surface area contributed by atoms with Crippen molar-refractivity contribution in [2.75, 3.05) is 13.1 Å². The minimum absolute atomic E-state index is 0.0891.